The van der Waals surface area contributed by atoms with Crippen molar-refractivity contribution < 1.29 is 4.79 Å². The number of nitrogens with one attached hydrogen (secondary N) is 1. The molecule has 0 spiro atoms. The Morgan fingerprint density at radius 1 is 1.50 bits per heavy atom. The number of carbonyl (C=O) groups excluding carboxylic acids is 1. The molecule has 4 heteroatoms. The molecule has 1 aliphatic rings. The first kappa shape index (κ1) is 10.2. The van der Waals surface area contributed by atoms with Gasteiger partial charge in [0.1, 0.15) is 0 Å². The van der Waals surface area contributed by atoms with Gasteiger partial charge < -0.3 is 5.32 Å². The van der Waals surface area contributed by atoms with Gasteiger partial charge in [0.05, 0.1) is 5.02 Å². The number of benzene rings is 1. The van der Waals surface area contributed by atoms with E-state index in [1.165, 1.54) is 0 Å². The highest BCUT2D eigenvalue weighted by molar-refractivity contribution is 14.1. The Hall–Kier alpha value is -0.290. The number of carbonyl (C=O) groups is 1. The molecule has 1 fully saturated rings. The van der Waals surface area contributed by atoms with E-state index in [2.05, 4.69) is 27.9 Å². The minimum absolute atomic E-state index is 0.113. The predicted molar refractivity (Wildman–Crippen MR) is 65.5 cm³/mol. The van der Waals surface area contributed by atoms with Crippen LogP contribution >= 0.6 is 34.2 Å². The summed E-state index contributed by atoms with van der Waals surface area (Å²) in [4.78, 5) is 11.4. The second-order valence-corrected chi connectivity index (χ2v) is 4.96. The van der Waals surface area contributed by atoms with Gasteiger partial charge in [-0.25, -0.2) is 0 Å². The molecule has 1 saturated carbocycles. The third kappa shape index (κ3) is 2.39. The summed E-state index contributed by atoms with van der Waals surface area (Å²) < 4.78 is 0.994. The van der Waals surface area contributed by atoms with Gasteiger partial charge in [-0.15, -0.1) is 0 Å². The fraction of sp³-hybridized carbons (Fsp3) is 0.300. The molecule has 0 radical (unpaired) electrons. The lowest BCUT2D eigenvalue weighted by Gasteiger charge is -2.04. The van der Waals surface area contributed by atoms with Gasteiger partial charge >= 0.3 is 0 Å². The lowest BCUT2D eigenvalue weighted by atomic mass is 10.3. The molecule has 2 nitrogen and oxygen atoms in total. The molecule has 0 heterocycles. The molecule has 2 rings (SSSR count). The topological polar surface area (TPSA) is 29.1 Å². The van der Waals surface area contributed by atoms with Gasteiger partial charge in [0.25, 0.3) is 0 Å². The molecular weight excluding hydrogens is 312 g/mol. The minimum Gasteiger partial charge on any atom is -0.326 e. The number of rotatable bonds is 2. The molecule has 0 aromatic heterocycles. The van der Waals surface area contributed by atoms with Crippen molar-refractivity contribution in [2.75, 3.05) is 5.32 Å². The van der Waals surface area contributed by atoms with Gasteiger partial charge in [-0.2, -0.15) is 0 Å². The molecule has 1 aliphatic carbocycles. The molecule has 1 aromatic rings. The van der Waals surface area contributed by atoms with Crippen LogP contribution < -0.4 is 5.32 Å². The summed E-state index contributed by atoms with van der Waals surface area (Å²) in [7, 11) is 0. The van der Waals surface area contributed by atoms with E-state index in [0.29, 0.717) is 5.02 Å². The molecule has 0 bridgehead atoms. The van der Waals surface area contributed by atoms with Crippen LogP contribution in [0.2, 0.25) is 5.02 Å². The molecule has 1 amide bonds. The van der Waals surface area contributed by atoms with Crippen molar-refractivity contribution in [1.29, 1.82) is 0 Å². The summed E-state index contributed by atoms with van der Waals surface area (Å²) in [5.74, 6) is 0.343. The smallest absolute Gasteiger partial charge is 0.227 e. The Bertz CT molecular complexity index is 376. The molecule has 0 saturated heterocycles. The van der Waals surface area contributed by atoms with Gasteiger partial charge in [0, 0.05) is 15.2 Å². The zero-order chi connectivity index (χ0) is 10.1. The van der Waals surface area contributed by atoms with E-state index in [1.54, 1.807) is 6.07 Å². The zero-order valence-corrected chi connectivity index (χ0v) is 10.3. The summed E-state index contributed by atoms with van der Waals surface area (Å²) in [6.07, 6.45) is 2.04. The van der Waals surface area contributed by atoms with Gasteiger partial charge in [-0.3, -0.25) is 4.79 Å². The summed E-state index contributed by atoms with van der Waals surface area (Å²) >= 11 is 8.09. The molecule has 0 aliphatic heterocycles. The summed E-state index contributed by atoms with van der Waals surface area (Å²) in [5.41, 5.74) is 0.785. The van der Waals surface area contributed by atoms with E-state index < -0.39 is 0 Å². The summed E-state index contributed by atoms with van der Waals surface area (Å²) in [5, 5.41) is 3.52. The van der Waals surface area contributed by atoms with Gasteiger partial charge in [-0.1, -0.05) is 11.6 Å². The predicted octanol–water partition coefficient (Wildman–Crippen LogP) is 3.29. The Morgan fingerprint density at radius 3 is 2.79 bits per heavy atom. The summed E-state index contributed by atoms with van der Waals surface area (Å²) in [6, 6.07) is 5.54. The van der Waals surface area contributed by atoms with Crippen molar-refractivity contribution in [3.63, 3.8) is 0 Å². The number of hydrogen-bond acceptors (Lipinski definition) is 1. The van der Waals surface area contributed by atoms with E-state index in [0.717, 1.165) is 22.1 Å². The largest absolute Gasteiger partial charge is 0.326 e. The Kier molecular flexibility index (Phi) is 2.97. The first-order valence-corrected chi connectivity index (χ1v) is 5.88. The van der Waals surface area contributed by atoms with E-state index >= 15 is 0 Å². The highest BCUT2D eigenvalue weighted by atomic mass is 127. The standard InChI is InChI=1S/C10H9ClINO/c11-8-5-7(3-4-9(8)12)13-10(14)6-1-2-6/h3-6H,1-2H2,(H,13,14). The second kappa shape index (κ2) is 4.06. The van der Waals surface area contributed by atoms with Crippen molar-refractivity contribution in [2.45, 2.75) is 12.8 Å². The van der Waals surface area contributed by atoms with E-state index in [9.17, 15) is 4.79 Å². The highest BCUT2D eigenvalue weighted by Crippen LogP contribution is 2.30. The van der Waals surface area contributed by atoms with Crippen LogP contribution in [0.1, 0.15) is 12.8 Å². The van der Waals surface area contributed by atoms with Gasteiger partial charge in [0.2, 0.25) is 5.91 Å². The third-order valence-corrected chi connectivity index (χ3v) is 3.71. The maximum absolute atomic E-state index is 11.4. The van der Waals surface area contributed by atoms with Crippen molar-refractivity contribution in [3.8, 4) is 0 Å². The Labute approximate surface area is 101 Å². The number of anilines is 1. The summed E-state index contributed by atoms with van der Waals surface area (Å²) in [6.45, 7) is 0. The molecule has 0 unspecified atom stereocenters. The van der Waals surface area contributed by atoms with Crippen molar-refractivity contribution in [2.24, 2.45) is 5.92 Å². The van der Waals surface area contributed by atoms with Crippen LogP contribution in [-0.2, 0) is 4.79 Å². The van der Waals surface area contributed by atoms with Gasteiger partial charge in [-0.05, 0) is 53.6 Å². The van der Waals surface area contributed by atoms with E-state index in [1.807, 2.05) is 12.1 Å². The fourth-order valence-electron chi connectivity index (χ4n) is 1.16. The lowest BCUT2D eigenvalue weighted by Crippen LogP contribution is -2.13. The monoisotopic (exact) mass is 321 g/mol. The average molecular weight is 322 g/mol. The second-order valence-electron chi connectivity index (χ2n) is 3.39. The molecule has 1 aromatic carbocycles. The maximum Gasteiger partial charge on any atom is 0.227 e. The van der Waals surface area contributed by atoms with Crippen LogP contribution in [0.5, 0.6) is 0 Å². The quantitative estimate of drug-likeness (QED) is 0.832. The lowest BCUT2D eigenvalue weighted by molar-refractivity contribution is -0.117. The average Bonchev–Trinajstić information content (AvgIpc) is 2.94. The first-order valence-electron chi connectivity index (χ1n) is 4.43. The Balaban J connectivity index is 2.08. The SMILES string of the molecule is O=C(Nc1ccc(I)c(Cl)c1)C1CC1. The molecule has 1 N–H and O–H groups in total. The number of amides is 1. The van der Waals surface area contributed by atoms with E-state index in [-0.39, 0.29) is 11.8 Å². The number of hydrogen-bond donors (Lipinski definition) is 1. The van der Waals surface area contributed by atoms with Crippen LogP contribution in [0.15, 0.2) is 18.2 Å². The molecule has 74 valence electrons. The van der Waals surface area contributed by atoms with Crippen molar-refractivity contribution >= 4 is 45.8 Å². The Morgan fingerprint density at radius 2 is 2.21 bits per heavy atom. The normalized spacial score (nSPS) is 15.3. The zero-order valence-electron chi connectivity index (χ0n) is 7.39. The first-order chi connectivity index (χ1) is 6.66. The minimum atomic E-state index is 0.113. The molecule has 0 atom stereocenters. The van der Waals surface area contributed by atoms with Crippen molar-refractivity contribution in [3.05, 3.63) is 26.8 Å². The molecule has 14 heavy (non-hydrogen) atoms. The van der Waals surface area contributed by atoms with Gasteiger partial charge in [0.15, 0.2) is 0 Å². The van der Waals surface area contributed by atoms with Crippen LogP contribution in [0.25, 0.3) is 0 Å². The fourth-order valence-corrected chi connectivity index (χ4v) is 1.68. The maximum atomic E-state index is 11.4. The van der Waals surface area contributed by atoms with Crippen LogP contribution in [0.4, 0.5) is 5.69 Å². The molecular formula is C10H9ClINO. The number of halogens is 2. The highest BCUT2D eigenvalue weighted by Gasteiger charge is 2.29. The van der Waals surface area contributed by atoms with Crippen LogP contribution in [0, 0.1) is 9.49 Å². The third-order valence-electron chi connectivity index (χ3n) is 2.14. The van der Waals surface area contributed by atoms with Crippen molar-refractivity contribution in [1.82, 2.24) is 0 Å². The van der Waals surface area contributed by atoms with E-state index in [4.69, 9.17) is 11.6 Å². The van der Waals surface area contributed by atoms with Crippen LogP contribution in [0.3, 0.4) is 0 Å². The van der Waals surface area contributed by atoms with Crippen LogP contribution in [-0.4, -0.2) is 5.91 Å².